The fourth-order valence-electron chi connectivity index (χ4n) is 1.74. The van der Waals surface area contributed by atoms with Gasteiger partial charge in [-0.05, 0) is 27.2 Å². The van der Waals surface area contributed by atoms with E-state index in [1.165, 1.54) is 0 Å². The van der Waals surface area contributed by atoms with Crippen LogP contribution in [0.25, 0.3) is 0 Å². The molecule has 0 aliphatic carbocycles. The average Bonchev–Trinajstić information content (AvgIpc) is 2.14. The molecule has 0 radical (unpaired) electrons. The van der Waals surface area contributed by atoms with Gasteiger partial charge in [0.05, 0.1) is 12.6 Å². The minimum absolute atomic E-state index is 0.0104. The first-order valence-electron chi connectivity index (χ1n) is 5.58. The van der Waals surface area contributed by atoms with Crippen molar-refractivity contribution in [3.8, 4) is 0 Å². The summed E-state index contributed by atoms with van der Waals surface area (Å²) in [7, 11) is 1.63. The number of nitrogens with zero attached hydrogens (tertiary/aromatic N) is 1. The molecule has 2 N–H and O–H groups in total. The summed E-state index contributed by atoms with van der Waals surface area (Å²) in [5.74, 6) is 0. The van der Waals surface area contributed by atoms with Crippen LogP contribution in [0.1, 0.15) is 27.2 Å². The predicted octanol–water partition coefficient (Wildman–Crippen LogP) is 0.969. The quantitative estimate of drug-likeness (QED) is 0.729. The van der Waals surface area contributed by atoms with Gasteiger partial charge in [-0.3, -0.25) is 0 Å². The number of hydrogen-bond acceptors (Lipinski definition) is 4. The van der Waals surface area contributed by atoms with Crippen LogP contribution in [0.15, 0.2) is 0 Å². The number of amides is 1. The summed E-state index contributed by atoms with van der Waals surface area (Å²) in [4.78, 5) is 13.4. The van der Waals surface area contributed by atoms with E-state index in [1.54, 1.807) is 12.0 Å². The van der Waals surface area contributed by atoms with Crippen molar-refractivity contribution >= 4 is 6.09 Å². The van der Waals surface area contributed by atoms with Crippen LogP contribution in [0, 0.1) is 0 Å². The molecule has 16 heavy (non-hydrogen) atoms. The van der Waals surface area contributed by atoms with Crippen molar-refractivity contribution in [3.63, 3.8) is 0 Å². The first kappa shape index (κ1) is 13.3. The van der Waals surface area contributed by atoms with Gasteiger partial charge >= 0.3 is 6.09 Å². The van der Waals surface area contributed by atoms with Crippen molar-refractivity contribution in [2.45, 2.75) is 44.9 Å². The minimum Gasteiger partial charge on any atom is -0.444 e. The SMILES string of the molecule is CO[C@H]1C[C@@H](N)CN(C(=O)OC(C)(C)C)C1. The van der Waals surface area contributed by atoms with E-state index >= 15 is 0 Å². The Morgan fingerprint density at radius 3 is 2.50 bits per heavy atom. The van der Waals surface area contributed by atoms with E-state index in [-0.39, 0.29) is 18.2 Å². The molecule has 1 saturated heterocycles. The maximum atomic E-state index is 11.8. The Labute approximate surface area is 96.9 Å². The molecule has 0 aromatic heterocycles. The van der Waals surface area contributed by atoms with Gasteiger partial charge in [0.25, 0.3) is 0 Å². The number of carbonyl (C=O) groups excluding carboxylic acids is 1. The Bertz CT molecular complexity index is 250. The number of hydrogen-bond donors (Lipinski definition) is 1. The van der Waals surface area contributed by atoms with Gasteiger partial charge in [-0.15, -0.1) is 0 Å². The third-order valence-electron chi connectivity index (χ3n) is 2.43. The lowest BCUT2D eigenvalue weighted by Gasteiger charge is -2.36. The molecule has 0 spiro atoms. The molecule has 0 saturated carbocycles. The Hall–Kier alpha value is -0.810. The van der Waals surface area contributed by atoms with Crippen molar-refractivity contribution in [2.75, 3.05) is 20.2 Å². The second-order valence-corrected chi connectivity index (χ2v) is 5.24. The highest BCUT2D eigenvalue weighted by atomic mass is 16.6. The third kappa shape index (κ3) is 3.98. The average molecular weight is 230 g/mol. The zero-order chi connectivity index (χ0) is 12.3. The van der Waals surface area contributed by atoms with Gasteiger partial charge in [0.2, 0.25) is 0 Å². The van der Waals surface area contributed by atoms with Crippen LogP contribution >= 0.6 is 0 Å². The lowest BCUT2D eigenvalue weighted by molar-refractivity contribution is -0.0103. The van der Waals surface area contributed by atoms with Crippen LogP contribution in [0.5, 0.6) is 0 Å². The molecule has 0 bridgehead atoms. The number of nitrogens with two attached hydrogens (primary N) is 1. The zero-order valence-corrected chi connectivity index (χ0v) is 10.5. The highest BCUT2D eigenvalue weighted by Crippen LogP contribution is 2.16. The van der Waals surface area contributed by atoms with E-state index < -0.39 is 5.60 Å². The van der Waals surface area contributed by atoms with E-state index in [0.29, 0.717) is 13.1 Å². The van der Waals surface area contributed by atoms with Crippen LogP contribution in [0.4, 0.5) is 4.79 Å². The monoisotopic (exact) mass is 230 g/mol. The van der Waals surface area contributed by atoms with Gasteiger partial charge in [0.1, 0.15) is 5.60 Å². The van der Waals surface area contributed by atoms with E-state index in [1.807, 2.05) is 20.8 Å². The Morgan fingerprint density at radius 1 is 1.38 bits per heavy atom. The molecule has 0 aromatic rings. The molecule has 5 nitrogen and oxygen atoms in total. The molecule has 1 aliphatic rings. The van der Waals surface area contributed by atoms with Crippen molar-refractivity contribution in [3.05, 3.63) is 0 Å². The second-order valence-electron chi connectivity index (χ2n) is 5.24. The van der Waals surface area contributed by atoms with Crippen molar-refractivity contribution in [2.24, 2.45) is 5.73 Å². The number of likely N-dealkylation sites (tertiary alicyclic amines) is 1. The normalized spacial score (nSPS) is 26.7. The van der Waals surface area contributed by atoms with E-state index in [0.717, 1.165) is 6.42 Å². The summed E-state index contributed by atoms with van der Waals surface area (Å²) in [5.41, 5.74) is 5.39. The van der Waals surface area contributed by atoms with Gasteiger partial charge < -0.3 is 20.1 Å². The summed E-state index contributed by atoms with van der Waals surface area (Å²) < 4.78 is 10.5. The fourth-order valence-corrected chi connectivity index (χ4v) is 1.74. The largest absolute Gasteiger partial charge is 0.444 e. The molecule has 1 fully saturated rings. The Morgan fingerprint density at radius 2 is 2.00 bits per heavy atom. The number of carbonyl (C=O) groups is 1. The molecule has 1 heterocycles. The highest BCUT2D eigenvalue weighted by molar-refractivity contribution is 5.68. The van der Waals surface area contributed by atoms with Gasteiger partial charge in [-0.25, -0.2) is 4.79 Å². The molecule has 1 amide bonds. The molecule has 1 rings (SSSR count). The van der Waals surface area contributed by atoms with Crippen LogP contribution in [0.3, 0.4) is 0 Å². The van der Waals surface area contributed by atoms with Gasteiger partial charge in [0.15, 0.2) is 0 Å². The maximum absolute atomic E-state index is 11.8. The van der Waals surface area contributed by atoms with Gasteiger partial charge in [-0.1, -0.05) is 0 Å². The zero-order valence-electron chi connectivity index (χ0n) is 10.5. The summed E-state index contributed by atoms with van der Waals surface area (Å²) in [5, 5.41) is 0. The Balaban J connectivity index is 2.55. The lowest BCUT2D eigenvalue weighted by atomic mass is 10.0. The molecular weight excluding hydrogens is 208 g/mol. The summed E-state index contributed by atoms with van der Waals surface area (Å²) in [6.45, 7) is 6.64. The number of ether oxygens (including phenoxy) is 2. The second kappa shape index (κ2) is 5.01. The first-order valence-corrected chi connectivity index (χ1v) is 5.58. The first-order chi connectivity index (χ1) is 7.31. The van der Waals surface area contributed by atoms with E-state index in [9.17, 15) is 4.79 Å². The van der Waals surface area contributed by atoms with E-state index in [4.69, 9.17) is 15.2 Å². The van der Waals surface area contributed by atoms with Crippen LogP contribution in [0.2, 0.25) is 0 Å². The molecule has 1 aliphatic heterocycles. The van der Waals surface area contributed by atoms with Crippen LogP contribution < -0.4 is 5.73 Å². The molecule has 5 heteroatoms. The maximum Gasteiger partial charge on any atom is 0.410 e. The minimum atomic E-state index is -0.471. The number of piperidine rings is 1. The molecular formula is C11H22N2O3. The topological polar surface area (TPSA) is 64.8 Å². The predicted molar refractivity (Wildman–Crippen MR) is 61.2 cm³/mol. The lowest BCUT2D eigenvalue weighted by Crippen LogP contribution is -2.53. The van der Waals surface area contributed by atoms with Crippen molar-refractivity contribution in [1.82, 2.24) is 4.90 Å². The van der Waals surface area contributed by atoms with Crippen molar-refractivity contribution in [1.29, 1.82) is 0 Å². The third-order valence-corrected chi connectivity index (χ3v) is 2.43. The van der Waals surface area contributed by atoms with Crippen molar-refractivity contribution < 1.29 is 14.3 Å². The van der Waals surface area contributed by atoms with Gasteiger partial charge in [0, 0.05) is 19.7 Å². The smallest absolute Gasteiger partial charge is 0.410 e. The van der Waals surface area contributed by atoms with Crippen LogP contribution in [-0.4, -0.2) is 48.9 Å². The van der Waals surface area contributed by atoms with Crippen LogP contribution in [-0.2, 0) is 9.47 Å². The summed E-state index contributed by atoms with van der Waals surface area (Å²) >= 11 is 0. The summed E-state index contributed by atoms with van der Waals surface area (Å²) in [6, 6.07) is -0.0359. The Kier molecular flexibility index (Phi) is 4.15. The number of methoxy groups -OCH3 is 1. The van der Waals surface area contributed by atoms with Gasteiger partial charge in [-0.2, -0.15) is 0 Å². The standard InChI is InChI=1S/C11H22N2O3/c1-11(2,3)16-10(14)13-6-8(12)5-9(7-13)15-4/h8-9H,5-7,12H2,1-4H3/t8-,9+/m1/s1. The highest BCUT2D eigenvalue weighted by Gasteiger charge is 2.30. The fraction of sp³-hybridized carbons (Fsp3) is 0.909. The summed E-state index contributed by atoms with van der Waals surface area (Å²) in [6.07, 6.45) is 0.483. The number of rotatable bonds is 1. The van der Waals surface area contributed by atoms with E-state index in [2.05, 4.69) is 0 Å². The molecule has 2 atom stereocenters. The molecule has 0 aromatic carbocycles. The molecule has 0 unspecified atom stereocenters. The molecule has 94 valence electrons.